The molecule has 1 fully saturated rings. The number of imide groups is 1. The van der Waals surface area contributed by atoms with Crippen molar-refractivity contribution in [1.29, 1.82) is 0 Å². The highest BCUT2D eigenvalue weighted by Gasteiger charge is 2.37. The molecule has 1 N–H and O–H groups in total. The van der Waals surface area contributed by atoms with Crippen molar-refractivity contribution >= 4 is 11.8 Å². The molecule has 0 aromatic heterocycles. The summed E-state index contributed by atoms with van der Waals surface area (Å²) in [5.41, 5.74) is 1.06. The van der Waals surface area contributed by atoms with Gasteiger partial charge in [-0.05, 0) is 31.5 Å². The molecule has 0 saturated carbocycles. The van der Waals surface area contributed by atoms with Crippen molar-refractivity contribution in [3.05, 3.63) is 29.8 Å². The van der Waals surface area contributed by atoms with Gasteiger partial charge in [-0.15, -0.1) is 0 Å². The minimum Gasteiger partial charge on any atom is -0.497 e. The second-order valence-corrected chi connectivity index (χ2v) is 4.89. The summed E-state index contributed by atoms with van der Waals surface area (Å²) < 4.78 is 5.12. The number of carbonyl (C=O) groups excluding carboxylic acids is 2. The van der Waals surface area contributed by atoms with Crippen LogP contribution < -0.4 is 10.1 Å². The highest BCUT2D eigenvalue weighted by Crippen LogP contribution is 2.20. The van der Waals surface area contributed by atoms with Crippen LogP contribution in [-0.4, -0.2) is 36.4 Å². The summed E-state index contributed by atoms with van der Waals surface area (Å²) in [6, 6.07) is 7.25. The van der Waals surface area contributed by atoms with Crippen LogP contribution in [0.2, 0.25) is 0 Å². The number of amides is 2. The van der Waals surface area contributed by atoms with Crippen LogP contribution in [0.3, 0.4) is 0 Å². The van der Waals surface area contributed by atoms with Crippen molar-refractivity contribution in [3.63, 3.8) is 0 Å². The maximum atomic E-state index is 12.0. The van der Waals surface area contributed by atoms with E-state index in [2.05, 4.69) is 5.32 Å². The maximum absolute atomic E-state index is 12.0. The van der Waals surface area contributed by atoms with Gasteiger partial charge in [0, 0.05) is 12.6 Å². The van der Waals surface area contributed by atoms with Gasteiger partial charge in [0.05, 0.1) is 19.6 Å². The highest BCUT2D eigenvalue weighted by atomic mass is 16.5. The normalized spacial score (nSPS) is 20.4. The number of nitrogens with zero attached hydrogens (tertiary/aromatic N) is 1. The van der Waals surface area contributed by atoms with Crippen molar-refractivity contribution in [2.75, 3.05) is 13.7 Å². The van der Waals surface area contributed by atoms with Gasteiger partial charge in [0.25, 0.3) is 0 Å². The van der Waals surface area contributed by atoms with Crippen LogP contribution in [0.4, 0.5) is 0 Å². The van der Waals surface area contributed by atoms with E-state index < -0.39 is 6.04 Å². The molecule has 1 saturated heterocycles. The zero-order chi connectivity index (χ0) is 14.7. The first-order valence-electron chi connectivity index (χ1n) is 6.81. The second-order valence-electron chi connectivity index (χ2n) is 4.89. The van der Waals surface area contributed by atoms with E-state index in [1.807, 2.05) is 38.1 Å². The molecule has 1 aliphatic rings. The van der Waals surface area contributed by atoms with Crippen molar-refractivity contribution < 1.29 is 14.3 Å². The van der Waals surface area contributed by atoms with Crippen LogP contribution in [0.5, 0.6) is 5.75 Å². The number of hydrogen-bond acceptors (Lipinski definition) is 4. The van der Waals surface area contributed by atoms with Crippen LogP contribution in [0.15, 0.2) is 24.3 Å². The number of likely N-dealkylation sites (N-methyl/N-ethyl adjacent to an activating group) is 1. The molecule has 108 valence electrons. The first-order valence-corrected chi connectivity index (χ1v) is 6.81. The molecule has 0 bridgehead atoms. The van der Waals surface area contributed by atoms with Crippen LogP contribution >= 0.6 is 0 Å². The summed E-state index contributed by atoms with van der Waals surface area (Å²) in [5, 5.41) is 3.22. The fraction of sp³-hybridized carbons (Fsp3) is 0.467. The summed E-state index contributed by atoms with van der Waals surface area (Å²) in [4.78, 5) is 25.0. The number of hydrogen-bond donors (Lipinski definition) is 1. The fourth-order valence-corrected chi connectivity index (χ4v) is 2.44. The molecule has 1 heterocycles. The third-order valence-electron chi connectivity index (χ3n) is 3.63. The maximum Gasteiger partial charge on any atom is 0.246 e. The number of nitrogens with one attached hydrogen (secondary N) is 1. The van der Waals surface area contributed by atoms with Crippen molar-refractivity contribution in [2.45, 2.75) is 32.4 Å². The lowest BCUT2D eigenvalue weighted by Gasteiger charge is -2.19. The number of methoxy groups -OCH3 is 1. The van der Waals surface area contributed by atoms with Crippen LogP contribution in [-0.2, 0) is 9.59 Å². The van der Waals surface area contributed by atoms with E-state index in [4.69, 9.17) is 4.74 Å². The lowest BCUT2D eigenvalue weighted by Crippen LogP contribution is -2.39. The van der Waals surface area contributed by atoms with Gasteiger partial charge < -0.3 is 4.74 Å². The number of ether oxygens (including phenoxy) is 1. The molecule has 2 rings (SSSR count). The summed E-state index contributed by atoms with van der Waals surface area (Å²) in [6.45, 7) is 4.23. The summed E-state index contributed by atoms with van der Waals surface area (Å²) >= 11 is 0. The van der Waals surface area contributed by atoms with Gasteiger partial charge in [-0.2, -0.15) is 0 Å². The van der Waals surface area contributed by atoms with Crippen molar-refractivity contribution in [2.24, 2.45) is 0 Å². The molecule has 0 aliphatic carbocycles. The Morgan fingerprint density at radius 1 is 1.35 bits per heavy atom. The Morgan fingerprint density at radius 2 is 2.00 bits per heavy atom. The average Bonchev–Trinajstić information content (AvgIpc) is 2.73. The van der Waals surface area contributed by atoms with E-state index in [0.717, 1.165) is 11.3 Å². The Kier molecular flexibility index (Phi) is 4.39. The summed E-state index contributed by atoms with van der Waals surface area (Å²) in [5.74, 6) is 0.569. The topological polar surface area (TPSA) is 58.6 Å². The van der Waals surface area contributed by atoms with Gasteiger partial charge in [0.1, 0.15) is 5.75 Å². The van der Waals surface area contributed by atoms with Gasteiger partial charge in [0.15, 0.2) is 0 Å². The fourth-order valence-electron chi connectivity index (χ4n) is 2.44. The van der Waals surface area contributed by atoms with Crippen molar-refractivity contribution in [1.82, 2.24) is 10.2 Å². The molecule has 0 spiro atoms. The van der Waals surface area contributed by atoms with Gasteiger partial charge in [-0.25, -0.2) is 0 Å². The predicted octanol–water partition coefficient (Wildman–Crippen LogP) is 1.49. The zero-order valence-electron chi connectivity index (χ0n) is 12.1. The second kappa shape index (κ2) is 6.05. The smallest absolute Gasteiger partial charge is 0.246 e. The Bertz CT molecular complexity index is 498. The standard InChI is InChI=1S/C15H20N2O3/c1-4-17-14(18)9-13(15(17)19)16-10(2)11-5-7-12(20-3)8-6-11/h5-8,10,13,16H,4,9H2,1-3H3. The molecule has 20 heavy (non-hydrogen) atoms. The molecule has 2 amide bonds. The van der Waals surface area contributed by atoms with Crippen LogP contribution in [0.1, 0.15) is 31.9 Å². The first-order chi connectivity index (χ1) is 9.56. The van der Waals surface area contributed by atoms with E-state index in [9.17, 15) is 9.59 Å². The number of benzene rings is 1. The minimum atomic E-state index is -0.417. The van der Waals surface area contributed by atoms with Crippen LogP contribution in [0.25, 0.3) is 0 Å². The lowest BCUT2D eigenvalue weighted by molar-refractivity contribution is -0.138. The lowest BCUT2D eigenvalue weighted by atomic mass is 10.1. The molecule has 1 aromatic rings. The quantitative estimate of drug-likeness (QED) is 0.828. The van der Waals surface area contributed by atoms with E-state index in [-0.39, 0.29) is 24.3 Å². The predicted molar refractivity (Wildman–Crippen MR) is 75.3 cm³/mol. The van der Waals surface area contributed by atoms with E-state index in [1.54, 1.807) is 7.11 Å². The van der Waals surface area contributed by atoms with Gasteiger partial charge >= 0.3 is 0 Å². The van der Waals surface area contributed by atoms with E-state index >= 15 is 0 Å². The van der Waals surface area contributed by atoms with Crippen molar-refractivity contribution in [3.8, 4) is 5.75 Å². The average molecular weight is 276 g/mol. The number of likely N-dealkylation sites (tertiary alicyclic amines) is 1. The Hall–Kier alpha value is -1.88. The number of rotatable bonds is 5. The summed E-state index contributed by atoms with van der Waals surface area (Å²) in [6.07, 6.45) is 0.243. The molecule has 5 nitrogen and oxygen atoms in total. The third kappa shape index (κ3) is 2.82. The Morgan fingerprint density at radius 3 is 2.50 bits per heavy atom. The minimum absolute atomic E-state index is 0.000498. The Balaban J connectivity index is 2.02. The molecule has 5 heteroatoms. The SMILES string of the molecule is CCN1C(=O)CC(NC(C)c2ccc(OC)cc2)C1=O. The highest BCUT2D eigenvalue weighted by molar-refractivity contribution is 6.05. The van der Waals surface area contributed by atoms with E-state index in [0.29, 0.717) is 6.54 Å². The first kappa shape index (κ1) is 14.5. The monoisotopic (exact) mass is 276 g/mol. The summed E-state index contributed by atoms with van der Waals surface area (Å²) in [7, 11) is 1.62. The van der Waals surface area contributed by atoms with E-state index in [1.165, 1.54) is 4.90 Å². The molecule has 1 aliphatic heterocycles. The van der Waals surface area contributed by atoms with Gasteiger partial charge in [-0.3, -0.25) is 19.8 Å². The molecular formula is C15H20N2O3. The van der Waals surface area contributed by atoms with Gasteiger partial charge in [0.2, 0.25) is 11.8 Å². The zero-order valence-corrected chi connectivity index (χ0v) is 12.1. The third-order valence-corrected chi connectivity index (χ3v) is 3.63. The van der Waals surface area contributed by atoms with Gasteiger partial charge in [-0.1, -0.05) is 12.1 Å². The molecular weight excluding hydrogens is 256 g/mol. The number of carbonyl (C=O) groups is 2. The molecule has 0 radical (unpaired) electrons. The molecule has 1 aromatic carbocycles. The van der Waals surface area contributed by atoms with Crippen LogP contribution in [0, 0.1) is 0 Å². The molecule has 2 atom stereocenters. The largest absolute Gasteiger partial charge is 0.497 e. The Labute approximate surface area is 118 Å². The molecule has 2 unspecified atom stereocenters.